The molecule has 2 aromatic carbocycles. The standard InChI is InChI=1S/C26H39NO2/c1-21(2)14-17-28-25-13-12-24(26(19-25)29-18-15-22(3)4)20-27-16-8-11-23-9-6-5-7-10-23/h5-7,9-10,12-13,19,21-22,27H,8,11,14-18,20H2,1-4H3. The highest BCUT2D eigenvalue weighted by molar-refractivity contribution is 5.40. The number of benzene rings is 2. The summed E-state index contributed by atoms with van der Waals surface area (Å²) in [5, 5.41) is 3.57. The monoisotopic (exact) mass is 397 g/mol. The number of nitrogens with one attached hydrogen (secondary N) is 1. The minimum absolute atomic E-state index is 0.639. The Kier molecular flexibility index (Phi) is 10.6. The molecule has 0 aliphatic heterocycles. The molecule has 0 aliphatic rings. The lowest BCUT2D eigenvalue weighted by molar-refractivity contribution is 0.274. The van der Waals surface area contributed by atoms with Crippen molar-refractivity contribution in [2.24, 2.45) is 11.8 Å². The quantitative estimate of drug-likeness (QED) is 0.382. The van der Waals surface area contributed by atoms with Crippen LogP contribution in [0.2, 0.25) is 0 Å². The molecule has 29 heavy (non-hydrogen) atoms. The first-order chi connectivity index (χ1) is 14.0. The van der Waals surface area contributed by atoms with Gasteiger partial charge in [-0.3, -0.25) is 0 Å². The molecule has 0 radical (unpaired) electrons. The molecule has 2 aromatic rings. The zero-order chi connectivity index (χ0) is 20.9. The number of hydrogen-bond donors (Lipinski definition) is 1. The van der Waals surface area contributed by atoms with Crippen LogP contribution in [0.1, 0.15) is 58.1 Å². The third kappa shape index (κ3) is 9.85. The molecule has 2 rings (SSSR count). The van der Waals surface area contributed by atoms with Gasteiger partial charge in [0, 0.05) is 18.2 Å². The minimum Gasteiger partial charge on any atom is -0.493 e. The Hall–Kier alpha value is -2.00. The molecule has 3 heteroatoms. The van der Waals surface area contributed by atoms with Gasteiger partial charge in [-0.1, -0.05) is 64.1 Å². The van der Waals surface area contributed by atoms with Gasteiger partial charge in [0.25, 0.3) is 0 Å². The van der Waals surface area contributed by atoms with Crippen molar-refractivity contribution in [1.82, 2.24) is 5.32 Å². The molecule has 0 saturated heterocycles. The Labute approximate surface area is 177 Å². The van der Waals surface area contributed by atoms with Crippen LogP contribution < -0.4 is 14.8 Å². The first-order valence-electron chi connectivity index (χ1n) is 11.2. The smallest absolute Gasteiger partial charge is 0.127 e. The largest absolute Gasteiger partial charge is 0.493 e. The SMILES string of the molecule is CC(C)CCOc1ccc(CNCCCc2ccccc2)c(OCCC(C)C)c1. The highest BCUT2D eigenvalue weighted by Gasteiger charge is 2.08. The average molecular weight is 398 g/mol. The molecule has 160 valence electrons. The second-order valence-corrected chi connectivity index (χ2v) is 8.60. The van der Waals surface area contributed by atoms with E-state index in [1.165, 1.54) is 11.1 Å². The maximum atomic E-state index is 6.12. The highest BCUT2D eigenvalue weighted by atomic mass is 16.5. The summed E-state index contributed by atoms with van der Waals surface area (Å²) in [6.45, 7) is 12.2. The third-order valence-corrected chi connectivity index (χ3v) is 4.93. The van der Waals surface area contributed by atoms with Crippen LogP contribution in [0.3, 0.4) is 0 Å². The van der Waals surface area contributed by atoms with Gasteiger partial charge >= 0.3 is 0 Å². The number of aryl methyl sites for hydroxylation is 1. The van der Waals surface area contributed by atoms with E-state index >= 15 is 0 Å². The van der Waals surface area contributed by atoms with Crippen LogP contribution in [0.25, 0.3) is 0 Å². The first kappa shape index (κ1) is 23.3. The van der Waals surface area contributed by atoms with Crippen molar-refractivity contribution in [2.75, 3.05) is 19.8 Å². The van der Waals surface area contributed by atoms with E-state index in [1.807, 2.05) is 0 Å². The molecular formula is C26H39NO2. The summed E-state index contributed by atoms with van der Waals surface area (Å²) in [6, 6.07) is 16.9. The summed E-state index contributed by atoms with van der Waals surface area (Å²) >= 11 is 0. The Morgan fingerprint density at radius 3 is 2.21 bits per heavy atom. The summed E-state index contributed by atoms with van der Waals surface area (Å²) in [6.07, 6.45) is 4.36. The van der Waals surface area contributed by atoms with Gasteiger partial charge in [0.05, 0.1) is 13.2 Å². The van der Waals surface area contributed by atoms with Crippen molar-refractivity contribution in [1.29, 1.82) is 0 Å². The van der Waals surface area contributed by atoms with E-state index in [1.54, 1.807) is 0 Å². The molecule has 0 heterocycles. The third-order valence-electron chi connectivity index (χ3n) is 4.93. The summed E-state index contributed by atoms with van der Waals surface area (Å²) in [5.41, 5.74) is 2.60. The number of rotatable bonds is 14. The van der Waals surface area contributed by atoms with Gasteiger partial charge in [-0.2, -0.15) is 0 Å². The average Bonchev–Trinajstić information content (AvgIpc) is 2.69. The Morgan fingerprint density at radius 1 is 0.828 bits per heavy atom. The summed E-state index contributed by atoms with van der Waals surface area (Å²) in [4.78, 5) is 0. The lowest BCUT2D eigenvalue weighted by atomic mass is 10.1. The van der Waals surface area contributed by atoms with Gasteiger partial charge in [-0.25, -0.2) is 0 Å². The molecule has 0 aliphatic carbocycles. The number of ether oxygens (including phenoxy) is 2. The second kappa shape index (κ2) is 13.3. The van der Waals surface area contributed by atoms with Crippen LogP contribution in [0, 0.1) is 11.8 Å². The van der Waals surface area contributed by atoms with Crippen molar-refractivity contribution < 1.29 is 9.47 Å². The molecule has 0 amide bonds. The van der Waals surface area contributed by atoms with Gasteiger partial charge in [-0.15, -0.1) is 0 Å². The van der Waals surface area contributed by atoms with Crippen LogP contribution in [0.4, 0.5) is 0 Å². The Bertz CT molecular complexity index is 682. The molecule has 0 bridgehead atoms. The predicted octanol–water partition coefficient (Wildman–Crippen LogP) is 6.26. The summed E-state index contributed by atoms with van der Waals surface area (Å²) in [7, 11) is 0. The molecule has 0 spiro atoms. The fourth-order valence-corrected chi connectivity index (χ4v) is 3.01. The number of hydrogen-bond acceptors (Lipinski definition) is 3. The predicted molar refractivity (Wildman–Crippen MR) is 123 cm³/mol. The van der Waals surface area contributed by atoms with Gasteiger partial charge < -0.3 is 14.8 Å². The van der Waals surface area contributed by atoms with E-state index in [0.717, 1.165) is 63.5 Å². The van der Waals surface area contributed by atoms with E-state index in [4.69, 9.17) is 9.47 Å². The fourth-order valence-electron chi connectivity index (χ4n) is 3.01. The van der Waals surface area contributed by atoms with E-state index < -0.39 is 0 Å². The maximum Gasteiger partial charge on any atom is 0.127 e. The van der Waals surface area contributed by atoms with Crippen LogP contribution in [0.5, 0.6) is 11.5 Å². The van der Waals surface area contributed by atoms with Crippen molar-refractivity contribution in [2.45, 2.75) is 59.9 Å². The van der Waals surface area contributed by atoms with Crippen LogP contribution in [-0.2, 0) is 13.0 Å². The minimum atomic E-state index is 0.639. The van der Waals surface area contributed by atoms with Gasteiger partial charge in [0.2, 0.25) is 0 Å². The van der Waals surface area contributed by atoms with E-state index in [9.17, 15) is 0 Å². The fraction of sp³-hybridized carbons (Fsp3) is 0.538. The molecular weight excluding hydrogens is 358 g/mol. The molecule has 0 atom stereocenters. The van der Waals surface area contributed by atoms with Crippen molar-refractivity contribution in [3.05, 3.63) is 59.7 Å². The summed E-state index contributed by atoms with van der Waals surface area (Å²) in [5.74, 6) is 3.14. The van der Waals surface area contributed by atoms with Gasteiger partial charge in [-0.05, 0) is 55.7 Å². The Balaban J connectivity index is 1.85. The van der Waals surface area contributed by atoms with Crippen LogP contribution >= 0.6 is 0 Å². The Morgan fingerprint density at radius 2 is 1.52 bits per heavy atom. The van der Waals surface area contributed by atoms with E-state index in [-0.39, 0.29) is 0 Å². The first-order valence-corrected chi connectivity index (χ1v) is 11.2. The van der Waals surface area contributed by atoms with Crippen molar-refractivity contribution in [3.8, 4) is 11.5 Å². The molecule has 3 nitrogen and oxygen atoms in total. The highest BCUT2D eigenvalue weighted by Crippen LogP contribution is 2.26. The van der Waals surface area contributed by atoms with Gasteiger partial charge in [0.1, 0.15) is 11.5 Å². The summed E-state index contributed by atoms with van der Waals surface area (Å²) < 4.78 is 12.1. The molecule has 0 aromatic heterocycles. The van der Waals surface area contributed by atoms with Crippen molar-refractivity contribution in [3.63, 3.8) is 0 Å². The molecule has 1 N–H and O–H groups in total. The second-order valence-electron chi connectivity index (χ2n) is 8.60. The van der Waals surface area contributed by atoms with Crippen LogP contribution in [-0.4, -0.2) is 19.8 Å². The van der Waals surface area contributed by atoms with Gasteiger partial charge in [0.15, 0.2) is 0 Å². The van der Waals surface area contributed by atoms with Crippen molar-refractivity contribution >= 4 is 0 Å². The maximum absolute atomic E-state index is 6.12. The zero-order valence-electron chi connectivity index (χ0n) is 18.7. The lowest BCUT2D eigenvalue weighted by Crippen LogP contribution is -2.16. The van der Waals surface area contributed by atoms with Crippen LogP contribution in [0.15, 0.2) is 48.5 Å². The zero-order valence-corrected chi connectivity index (χ0v) is 18.7. The lowest BCUT2D eigenvalue weighted by Gasteiger charge is -2.16. The molecule has 0 fully saturated rings. The molecule has 0 saturated carbocycles. The van der Waals surface area contributed by atoms with E-state index in [0.29, 0.717) is 11.8 Å². The molecule has 0 unspecified atom stereocenters. The normalized spacial score (nSPS) is 11.2. The van der Waals surface area contributed by atoms with E-state index in [2.05, 4.69) is 81.5 Å². The topological polar surface area (TPSA) is 30.5 Å².